The summed E-state index contributed by atoms with van der Waals surface area (Å²) in [6, 6.07) is 19.5. The molecule has 0 fully saturated rings. The molecule has 0 aliphatic rings. The van der Waals surface area contributed by atoms with E-state index in [0.29, 0.717) is 17.9 Å². The second-order valence-corrected chi connectivity index (χ2v) is 6.56. The van der Waals surface area contributed by atoms with Crippen LogP contribution in [0.5, 0.6) is 0 Å². The van der Waals surface area contributed by atoms with Crippen molar-refractivity contribution in [3.05, 3.63) is 83.0 Å². The van der Waals surface area contributed by atoms with Crippen LogP contribution in [-0.2, 0) is 16.0 Å². The lowest BCUT2D eigenvalue weighted by Crippen LogP contribution is -2.13. The molecule has 29 heavy (non-hydrogen) atoms. The number of hydrogen-bond donors (Lipinski definition) is 0. The fourth-order valence-corrected chi connectivity index (χ4v) is 3.45. The molecule has 5 heteroatoms. The summed E-state index contributed by atoms with van der Waals surface area (Å²) in [5, 5.41) is 0. The third-order valence-corrected chi connectivity index (χ3v) is 4.71. The molecule has 3 aromatic rings. The summed E-state index contributed by atoms with van der Waals surface area (Å²) in [4.78, 5) is 25.7. The Kier molecular flexibility index (Phi) is 6.50. The zero-order chi connectivity index (χ0) is 20.8. The van der Waals surface area contributed by atoms with Gasteiger partial charge in [-0.15, -0.1) is 0 Å². The van der Waals surface area contributed by atoms with Gasteiger partial charge in [-0.05, 0) is 31.9 Å². The first kappa shape index (κ1) is 20.4. The SMILES string of the molecule is CCOC(=O)c1c(C(=O)OCC)c(-c2ccccc2)n(Cc2ccccc2)c1C. The van der Waals surface area contributed by atoms with E-state index in [2.05, 4.69) is 0 Å². The fraction of sp³-hybridized carbons (Fsp3) is 0.250. The van der Waals surface area contributed by atoms with Crippen LogP contribution in [0.15, 0.2) is 60.7 Å². The van der Waals surface area contributed by atoms with Crippen molar-refractivity contribution in [2.45, 2.75) is 27.3 Å². The van der Waals surface area contributed by atoms with Crippen molar-refractivity contribution >= 4 is 11.9 Å². The van der Waals surface area contributed by atoms with Gasteiger partial charge in [-0.3, -0.25) is 0 Å². The molecule has 0 saturated heterocycles. The summed E-state index contributed by atoms with van der Waals surface area (Å²) >= 11 is 0. The van der Waals surface area contributed by atoms with Crippen LogP contribution in [0, 0.1) is 6.92 Å². The number of carbonyl (C=O) groups excluding carboxylic acids is 2. The number of benzene rings is 2. The Bertz CT molecular complexity index is 991. The van der Waals surface area contributed by atoms with Crippen molar-refractivity contribution in [2.75, 3.05) is 13.2 Å². The third-order valence-electron chi connectivity index (χ3n) is 4.71. The molecule has 0 N–H and O–H groups in total. The van der Waals surface area contributed by atoms with Crippen LogP contribution in [-0.4, -0.2) is 29.7 Å². The van der Waals surface area contributed by atoms with E-state index in [0.717, 1.165) is 11.1 Å². The molecule has 0 aliphatic heterocycles. The highest BCUT2D eigenvalue weighted by molar-refractivity contribution is 6.08. The number of aromatic nitrogens is 1. The van der Waals surface area contributed by atoms with Crippen molar-refractivity contribution in [1.29, 1.82) is 0 Å². The Balaban J connectivity index is 2.29. The van der Waals surface area contributed by atoms with Gasteiger partial charge in [-0.25, -0.2) is 9.59 Å². The fourth-order valence-electron chi connectivity index (χ4n) is 3.45. The van der Waals surface area contributed by atoms with Gasteiger partial charge in [-0.1, -0.05) is 60.7 Å². The summed E-state index contributed by atoms with van der Waals surface area (Å²) < 4.78 is 12.6. The van der Waals surface area contributed by atoms with Crippen LogP contribution in [0.3, 0.4) is 0 Å². The van der Waals surface area contributed by atoms with Crippen LogP contribution in [0.2, 0.25) is 0 Å². The van der Waals surface area contributed by atoms with Crippen molar-refractivity contribution < 1.29 is 19.1 Å². The Morgan fingerprint density at radius 2 is 1.31 bits per heavy atom. The molecule has 1 aromatic heterocycles. The van der Waals surface area contributed by atoms with Gasteiger partial charge in [0, 0.05) is 12.2 Å². The monoisotopic (exact) mass is 391 g/mol. The molecule has 5 nitrogen and oxygen atoms in total. The molecule has 0 aliphatic carbocycles. The summed E-state index contributed by atoms with van der Waals surface area (Å²) in [5.41, 5.74) is 3.76. The summed E-state index contributed by atoms with van der Waals surface area (Å²) in [7, 11) is 0. The minimum Gasteiger partial charge on any atom is -0.462 e. The number of nitrogens with zero attached hydrogens (tertiary/aromatic N) is 1. The first-order valence-corrected chi connectivity index (χ1v) is 9.75. The number of rotatable bonds is 7. The maximum absolute atomic E-state index is 12.9. The maximum atomic E-state index is 12.9. The topological polar surface area (TPSA) is 57.5 Å². The Hall–Kier alpha value is -3.34. The largest absolute Gasteiger partial charge is 0.462 e. The van der Waals surface area contributed by atoms with E-state index in [1.807, 2.05) is 72.2 Å². The normalized spacial score (nSPS) is 10.6. The van der Waals surface area contributed by atoms with Gasteiger partial charge in [-0.2, -0.15) is 0 Å². The molecule has 150 valence electrons. The summed E-state index contributed by atoms with van der Waals surface area (Å²) in [5.74, 6) is -1.04. The minimum absolute atomic E-state index is 0.220. The van der Waals surface area contributed by atoms with Gasteiger partial charge in [0.25, 0.3) is 0 Å². The Morgan fingerprint density at radius 3 is 1.86 bits per heavy atom. The maximum Gasteiger partial charge on any atom is 0.341 e. The average molecular weight is 391 g/mol. The molecule has 0 spiro atoms. The standard InChI is InChI=1S/C24H25NO4/c1-4-28-23(26)20-17(3)25(16-18-12-8-6-9-13-18)22(19-14-10-7-11-15-19)21(20)24(27)29-5-2/h6-15H,4-5,16H2,1-3H3. The van der Waals surface area contributed by atoms with E-state index in [1.165, 1.54) is 0 Å². The number of ether oxygens (including phenoxy) is 2. The van der Waals surface area contributed by atoms with Crippen LogP contribution < -0.4 is 0 Å². The molecule has 3 rings (SSSR count). The van der Waals surface area contributed by atoms with E-state index >= 15 is 0 Å². The molecular weight excluding hydrogens is 366 g/mol. The van der Waals surface area contributed by atoms with Gasteiger partial charge in [0.1, 0.15) is 5.56 Å². The Morgan fingerprint density at radius 1 is 0.793 bits per heavy atom. The van der Waals surface area contributed by atoms with E-state index in [1.54, 1.807) is 13.8 Å². The second kappa shape index (κ2) is 9.24. The lowest BCUT2D eigenvalue weighted by Gasteiger charge is -2.13. The Labute approximate surface area is 170 Å². The quantitative estimate of drug-likeness (QED) is 0.540. The highest BCUT2D eigenvalue weighted by Gasteiger charge is 2.31. The average Bonchev–Trinajstić information content (AvgIpc) is 3.02. The molecule has 0 bridgehead atoms. The minimum atomic E-state index is -0.524. The molecule has 0 radical (unpaired) electrons. The predicted molar refractivity (Wildman–Crippen MR) is 112 cm³/mol. The van der Waals surface area contributed by atoms with Gasteiger partial charge in [0.05, 0.1) is 24.5 Å². The summed E-state index contributed by atoms with van der Waals surface area (Å²) in [6.45, 7) is 6.30. The zero-order valence-corrected chi connectivity index (χ0v) is 17.0. The molecule has 0 saturated carbocycles. The number of esters is 2. The van der Waals surface area contributed by atoms with Crippen LogP contribution in [0.4, 0.5) is 0 Å². The van der Waals surface area contributed by atoms with E-state index in [-0.39, 0.29) is 24.3 Å². The van der Waals surface area contributed by atoms with Gasteiger partial charge in [0.15, 0.2) is 0 Å². The van der Waals surface area contributed by atoms with E-state index in [4.69, 9.17) is 9.47 Å². The second-order valence-electron chi connectivity index (χ2n) is 6.56. The van der Waals surface area contributed by atoms with Crippen LogP contribution in [0.25, 0.3) is 11.3 Å². The highest BCUT2D eigenvalue weighted by Crippen LogP contribution is 2.33. The van der Waals surface area contributed by atoms with Crippen molar-refractivity contribution in [1.82, 2.24) is 4.57 Å². The lowest BCUT2D eigenvalue weighted by atomic mass is 10.0. The van der Waals surface area contributed by atoms with Gasteiger partial charge < -0.3 is 14.0 Å². The van der Waals surface area contributed by atoms with E-state index < -0.39 is 11.9 Å². The number of hydrogen-bond acceptors (Lipinski definition) is 4. The lowest BCUT2D eigenvalue weighted by molar-refractivity contribution is 0.0480. The van der Waals surface area contributed by atoms with Gasteiger partial charge >= 0.3 is 11.9 Å². The number of carbonyl (C=O) groups is 2. The first-order valence-electron chi connectivity index (χ1n) is 9.75. The smallest absolute Gasteiger partial charge is 0.341 e. The molecule has 0 unspecified atom stereocenters. The van der Waals surface area contributed by atoms with Crippen LogP contribution >= 0.6 is 0 Å². The van der Waals surface area contributed by atoms with Gasteiger partial charge in [0.2, 0.25) is 0 Å². The van der Waals surface area contributed by atoms with Crippen molar-refractivity contribution in [3.63, 3.8) is 0 Å². The zero-order valence-electron chi connectivity index (χ0n) is 17.0. The van der Waals surface area contributed by atoms with Crippen molar-refractivity contribution in [3.8, 4) is 11.3 Å². The summed E-state index contributed by atoms with van der Waals surface area (Å²) in [6.07, 6.45) is 0. The molecule has 2 aromatic carbocycles. The first-order chi connectivity index (χ1) is 14.1. The van der Waals surface area contributed by atoms with Crippen molar-refractivity contribution in [2.24, 2.45) is 0 Å². The van der Waals surface area contributed by atoms with E-state index in [9.17, 15) is 9.59 Å². The predicted octanol–water partition coefficient (Wildman–Crippen LogP) is 4.87. The molecule has 0 atom stereocenters. The molecule has 0 amide bonds. The molecular formula is C24H25NO4. The molecule has 1 heterocycles. The third kappa shape index (κ3) is 4.24. The highest BCUT2D eigenvalue weighted by atomic mass is 16.5. The van der Waals surface area contributed by atoms with Crippen LogP contribution in [0.1, 0.15) is 45.8 Å².